The minimum Gasteiger partial charge on any atom is -0.325 e. The van der Waals surface area contributed by atoms with Crippen molar-refractivity contribution < 1.29 is 24.2 Å². The number of anilines is 2. The summed E-state index contributed by atoms with van der Waals surface area (Å²) in [7, 11) is 0. The van der Waals surface area contributed by atoms with E-state index in [1.165, 1.54) is 66.4 Å². The molecule has 0 saturated heterocycles. The minimum absolute atomic E-state index is 0.0883. The molecule has 1 unspecified atom stereocenters. The summed E-state index contributed by atoms with van der Waals surface area (Å²) in [5.41, 5.74) is 1.29. The Morgan fingerprint density at radius 3 is 1.98 bits per heavy atom. The Balaban J connectivity index is 1.47. The monoisotopic (exact) mass is 611 g/mol. The first-order chi connectivity index (χ1) is 21.1. The molecule has 13 heteroatoms. The van der Waals surface area contributed by atoms with Crippen LogP contribution in [0.5, 0.6) is 0 Å². The molecule has 0 bridgehead atoms. The lowest BCUT2D eigenvalue weighted by molar-refractivity contribution is -0.385. The van der Waals surface area contributed by atoms with Gasteiger partial charge in [0.25, 0.3) is 23.2 Å². The Labute approximate surface area is 255 Å². The molecule has 44 heavy (non-hydrogen) atoms. The zero-order chi connectivity index (χ0) is 31.6. The summed E-state index contributed by atoms with van der Waals surface area (Å²) < 4.78 is 0. The largest absolute Gasteiger partial charge is 0.325 e. The van der Waals surface area contributed by atoms with E-state index >= 15 is 0 Å². The minimum atomic E-state index is -0.640. The van der Waals surface area contributed by atoms with E-state index in [0.717, 1.165) is 0 Å². The van der Waals surface area contributed by atoms with Gasteiger partial charge >= 0.3 is 0 Å². The molecule has 1 atom stereocenters. The second kappa shape index (κ2) is 14.4. The Morgan fingerprint density at radius 2 is 1.36 bits per heavy atom. The van der Waals surface area contributed by atoms with Gasteiger partial charge < -0.3 is 16.0 Å². The molecule has 0 saturated carbocycles. The summed E-state index contributed by atoms with van der Waals surface area (Å²) in [6.07, 6.45) is 1.41. The van der Waals surface area contributed by atoms with Gasteiger partial charge in [0.15, 0.2) is 0 Å². The number of nitro benzene ring substituents is 2. The van der Waals surface area contributed by atoms with Gasteiger partial charge in [0.05, 0.1) is 15.1 Å². The van der Waals surface area contributed by atoms with Crippen LogP contribution in [0.25, 0.3) is 6.08 Å². The highest BCUT2D eigenvalue weighted by molar-refractivity contribution is 8.00. The van der Waals surface area contributed by atoms with Crippen molar-refractivity contribution in [1.82, 2.24) is 5.32 Å². The molecule has 0 radical (unpaired) electrons. The molecule has 4 aromatic carbocycles. The number of rotatable bonds is 11. The quantitative estimate of drug-likeness (QED) is 0.0797. The maximum atomic E-state index is 13.4. The van der Waals surface area contributed by atoms with Crippen molar-refractivity contribution in [3.05, 3.63) is 140 Å². The van der Waals surface area contributed by atoms with E-state index in [9.17, 15) is 34.6 Å². The van der Waals surface area contributed by atoms with Crippen molar-refractivity contribution in [1.29, 1.82) is 0 Å². The SMILES string of the molecule is CC(Sc1cccc(NC(=O)/C(=C\c2ccc([N+](=O)[O-])cc2)NC(=O)c2ccccc2)c1)C(=O)Nc1ccc([N+](=O)[O-])cc1. The molecule has 0 aliphatic heterocycles. The first kappa shape index (κ1) is 31.1. The van der Waals surface area contributed by atoms with E-state index in [0.29, 0.717) is 27.4 Å². The van der Waals surface area contributed by atoms with Gasteiger partial charge in [0.1, 0.15) is 5.70 Å². The Morgan fingerprint density at radius 1 is 0.750 bits per heavy atom. The third-order valence-corrected chi connectivity index (χ3v) is 7.16. The summed E-state index contributed by atoms with van der Waals surface area (Å²) in [5, 5.41) is 29.4. The Kier molecular flexibility index (Phi) is 10.2. The number of carbonyl (C=O) groups excluding carboxylic acids is 3. The zero-order valence-corrected chi connectivity index (χ0v) is 23.9. The van der Waals surface area contributed by atoms with Crippen molar-refractivity contribution in [2.75, 3.05) is 10.6 Å². The third kappa shape index (κ3) is 8.59. The summed E-state index contributed by atoms with van der Waals surface area (Å²) in [6, 6.07) is 26.1. The molecule has 0 aliphatic rings. The predicted molar refractivity (Wildman–Crippen MR) is 167 cm³/mol. The standard InChI is InChI=1S/C31H25N5O7S/c1-20(29(37)32-23-12-16-26(17-13-23)36(42)43)44-27-9-5-8-24(19-27)33-31(39)28(34-30(38)22-6-3-2-4-7-22)18-21-10-14-25(15-11-21)35(40)41/h2-20H,1H3,(H,32,37)(H,33,39)(H,34,38)/b28-18+. The molecule has 0 fully saturated rings. The predicted octanol–water partition coefficient (Wildman–Crippen LogP) is 6.03. The van der Waals surface area contributed by atoms with Crippen LogP contribution in [-0.2, 0) is 9.59 Å². The van der Waals surface area contributed by atoms with E-state index in [2.05, 4.69) is 16.0 Å². The molecular formula is C31H25N5O7S. The normalized spacial score (nSPS) is 11.6. The maximum absolute atomic E-state index is 13.4. The average molecular weight is 612 g/mol. The number of nitrogens with zero attached hydrogens (tertiary/aromatic N) is 2. The number of hydrogen-bond acceptors (Lipinski definition) is 8. The molecule has 3 amide bonds. The van der Waals surface area contributed by atoms with Crippen molar-refractivity contribution in [3.63, 3.8) is 0 Å². The second-order valence-corrected chi connectivity index (χ2v) is 10.7. The van der Waals surface area contributed by atoms with Gasteiger partial charge in [-0.1, -0.05) is 24.3 Å². The zero-order valence-electron chi connectivity index (χ0n) is 23.1. The number of amides is 3. The van der Waals surface area contributed by atoms with E-state index in [1.54, 1.807) is 61.5 Å². The maximum Gasteiger partial charge on any atom is 0.272 e. The van der Waals surface area contributed by atoms with Gasteiger partial charge in [-0.2, -0.15) is 0 Å². The lowest BCUT2D eigenvalue weighted by Gasteiger charge is -2.14. The van der Waals surface area contributed by atoms with E-state index in [-0.39, 0.29) is 23.0 Å². The number of carbonyl (C=O) groups is 3. The van der Waals surface area contributed by atoms with Crippen molar-refractivity contribution in [3.8, 4) is 0 Å². The number of nitro groups is 2. The highest BCUT2D eigenvalue weighted by Gasteiger charge is 2.18. The van der Waals surface area contributed by atoms with Crippen LogP contribution < -0.4 is 16.0 Å². The van der Waals surface area contributed by atoms with E-state index < -0.39 is 26.9 Å². The number of benzene rings is 4. The fraction of sp³-hybridized carbons (Fsp3) is 0.0645. The Hall–Kier alpha value is -5.82. The van der Waals surface area contributed by atoms with Crippen LogP contribution in [0.3, 0.4) is 0 Å². The summed E-state index contributed by atoms with van der Waals surface area (Å²) in [6.45, 7) is 1.70. The number of non-ortho nitro benzene ring substituents is 2. The highest BCUT2D eigenvalue weighted by atomic mass is 32.2. The third-order valence-electron chi connectivity index (χ3n) is 6.06. The molecule has 12 nitrogen and oxygen atoms in total. The van der Waals surface area contributed by atoms with Gasteiger partial charge in [0.2, 0.25) is 5.91 Å². The number of nitrogens with one attached hydrogen (secondary N) is 3. The molecule has 0 spiro atoms. The van der Waals surface area contributed by atoms with Crippen LogP contribution in [0.4, 0.5) is 22.7 Å². The van der Waals surface area contributed by atoms with Crippen LogP contribution in [0.15, 0.2) is 114 Å². The topological polar surface area (TPSA) is 174 Å². The molecule has 222 valence electrons. The van der Waals surface area contributed by atoms with Crippen LogP contribution in [0, 0.1) is 20.2 Å². The van der Waals surface area contributed by atoms with Crippen molar-refractivity contribution in [2.24, 2.45) is 0 Å². The Bertz CT molecular complexity index is 1730. The molecule has 4 aromatic rings. The van der Waals surface area contributed by atoms with Crippen LogP contribution >= 0.6 is 11.8 Å². The first-order valence-corrected chi connectivity index (χ1v) is 13.9. The van der Waals surface area contributed by atoms with E-state index in [4.69, 9.17) is 0 Å². The number of hydrogen-bond donors (Lipinski definition) is 3. The van der Waals surface area contributed by atoms with Crippen molar-refractivity contribution >= 4 is 58.3 Å². The lowest BCUT2D eigenvalue weighted by atomic mass is 10.1. The molecule has 3 N–H and O–H groups in total. The van der Waals surface area contributed by atoms with Gasteiger partial charge in [-0.15, -0.1) is 11.8 Å². The lowest BCUT2D eigenvalue weighted by Crippen LogP contribution is -2.30. The molecule has 0 aromatic heterocycles. The smallest absolute Gasteiger partial charge is 0.272 e. The highest BCUT2D eigenvalue weighted by Crippen LogP contribution is 2.27. The van der Waals surface area contributed by atoms with Gasteiger partial charge in [0, 0.05) is 46.1 Å². The molecule has 0 heterocycles. The molecule has 0 aliphatic carbocycles. The van der Waals surface area contributed by atoms with Gasteiger partial charge in [-0.25, -0.2) is 0 Å². The van der Waals surface area contributed by atoms with E-state index in [1.807, 2.05) is 0 Å². The van der Waals surface area contributed by atoms with Crippen LogP contribution in [-0.4, -0.2) is 32.8 Å². The van der Waals surface area contributed by atoms with Gasteiger partial charge in [-0.05, 0) is 73.2 Å². The van der Waals surface area contributed by atoms with Crippen molar-refractivity contribution in [2.45, 2.75) is 17.1 Å². The van der Waals surface area contributed by atoms with Crippen LogP contribution in [0.1, 0.15) is 22.8 Å². The fourth-order valence-corrected chi connectivity index (χ4v) is 4.74. The van der Waals surface area contributed by atoms with Crippen LogP contribution in [0.2, 0.25) is 0 Å². The summed E-state index contributed by atoms with van der Waals surface area (Å²) in [4.78, 5) is 60.4. The second-order valence-electron chi connectivity index (χ2n) is 9.26. The number of thioether (sulfide) groups is 1. The average Bonchev–Trinajstić information content (AvgIpc) is 3.01. The summed E-state index contributed by atoms with van der Waals surface area (Å²) in [5.74, 6) is -1.49. The van der Waals surface area contributed by atoms with Gasteiger partial charge in [-0.3, -0.25) is 34.6 Å². The molecule has 4 rings (SSSR count). The molecular weight excluding hydrogens is 586 g/mol. The fourth-order valence-electron chi connectivity index (χ4n) is 3.81. The first-order valence-electron chi connectivity index (χ1n) is 13.0. The summed E-state index contributed by atoms with van der Waals surface area (Å²) >= 11 is 1.23.